The lowest BCUT2D eigenvalue weighted by molar-refractivity contribution is -0.143. The monoisotopic (exact) mass is 301 g/mol. The first-order chi connectivity index (χ1) is 9.81. The maximum atomic E-state index is 12.8. The summed E-state index contributed by atoms with van der Waals surface area (Å²) in [7, 11) is 1.26. The van der Waals surface area contributed by atoms with E-state index in [2.05, 4.69) is 10.1 Å². The van der Waals surface area contributed by atoms with E-state index in [1.165, 1.54) is 7.05 Å². The van der Waals surface area contributed by atoms with E-state index in [0.29, 0.717) is 24.6 Å². The van der Waals surface area contributed by atoms with Gasteiger partial charge in [0.25, 0.3) is 0 Å². The van der Waals surface area contributed by atoms with Crippen molar-refractivity contribution in [3.63, 3.8) is 0 Å². The van der Waals surface area contributed by atoms with Crippen LogP contribution in [0.5, 0.6) is 0 Å². The van der Waals surface area contributed by atoms with Crippen LogP contribution in [0.1, 0.15) is 24.0 Å². The maximum Gasteiger partial charge on any atom is 0.433 e. The second-order valence-electron chi connectivity index (χ2n) is 4.93. The van der Waals surface area contributed by atoms with Crippen molar-refractivity contribution in [2.45, 2.75) is 32.7 Å². The van der Waals surface area contributed by atoms with E-state index in [1.807, 2.05) is 6.92 Å². The van der Waals surface area contributed by atoms with Gasteiger partial charge in [-0.1, -0.05) is 0 Å². The van der Waals surface area contributed by atoms with Gasteiger partial charge in [-0.15, -0.1) is 0 Å². The molecule has 0 fully saturated rings. The Hall–Kier alpha value is -1.87. The van der Waals surface area contributed by atoms with Gasteiger partial charge in [-0.3, -0.25) is 4.68 Å². The van der Waals surface area contributed by atoms with E-state index in [0.717, 1.165) is 21.5 Å². The highest BCUT2D eigenvalue weighted by Crippen LogP contribution is 2.33. The summed E-state index contributed by atoms with van der Waals surface area (Å²) >= 11 is 0. The number of hydrogen-bond donors (Lipinski definition) is 1. The predicted molar refractivity (Wildman–Crippen MR) is 66.1 cm³/mol. The van der Waals surface area contributed by atoms with Crippen LogP contribution in [-0.2, 0) is 32.9 Å². The Morgan fingerprint density at radius 1 is 1.33 bits per heavy atom. The lowest BCUT2D eigenvalue weighted by Gasteiger charge is -2.08. The topological polar surface area (TPSA) is 59.1 Å². The molecular formula is C12H14F3N5O. The summed E-state index contributed by atoms with van der Waals surface area (Å²) in [6, 6.07) is 1.00. The fraction of sp³-hybridized carbons (Fsp3) is 0.500. The van der Waals surface area contributed by atoms with Gasteiger partial charge in [0.05, 0.1) is 24.5 Å². The van der Waals surface area contributed by atoms with Crippen LogP contribution in [0, 0.1) is 0 Å². The molecule has 6 nitrogen and oxygen atoms in total. The summed E-state index contributed by atoms with van der Waals surface area (Å²) < 4.78 is 41.1. The van der Waals surface area contributed by atoms with Gasteiger partial charge < -0.3 is 9.77 Å². The quantitative estimate of drug-likeness (QED) is 0.922. The molecule has 0 unspecified atom stereocenters. The van der Waals surface area contributed by atoms with E-state index in [-0.39, 0.29) is 12.2 Å². The first kappa shape index (κ1) is 14.1. The van der Waals surface area contributed by atoms with Crippen LogP contribution >= 0.6 is 0 Å². The van der Waals surface area contributed by atoms with E-state index >= 15 is 0 Å². The number of alkyl halides is 3. The molecule has 3 rings (SSSR count). The molecule has 2 aromatic rings. The van der Waals surface area contributed by atoms with Crippen LogP contribution in [0.2, 0.25) is 0 Å². The third kappa shape index (κ3) is 2.22. The maximum absolute atomic E-state index is 12.8. The zero-order valence-electron chi connectivity index (χ0n) is 11.5. The number of imidazole rings is 1. The highest BCUT2D eigenvalue weighted by molar-refractivity contribution is 5.53. The first-order valence-electron chi connectivity index (χ1n) is 6.45. The van der Waals surface area contributed by atoms with Crippen molar-refractivity contribution >= 4 is 0 Å². The van der Waals surface area contributed by atoms with Gasteiger partial charge >= 0.3 is 6.18 Å². The molecule has 2 aromatic heterocycles. The molecule has 1 aliphatic heterocycles. The molecule has 1 aliphatic rings. The average molecular weight is 301 g/mol. The summed E-state index contributed by atoms with van der Waals surface area (Å²) in [4.78, 5) is 4.34. The van der Waals surface area contributed by atoms with Crippen LogP contribution in [0.4, 0.5) is 13.2 Å². The summed E-state index contributed by atoms with van der Waals surface area (Å²) in [6.45, 7) is 3.01. The normalized spacial score (nSPS) is 15.7. The molecule has 0 radical (unpaired) electrons. The third-order valence-electron chi connectivity index (χ3n) is 3.54. The lowest BCUT2D eigenvalue weighted by Crippen LogP contribution is -2.13. The Morgan fingerprint density at radius 3 is 2.62 bits per heavy atom. The number of hydrogen-bond acceptors (Lipinski definition) is 4. The van der Waals surface area contributed by atoms with Crippen molar-refractivity contribution in [2.75, 3.05) is 0 Å². The minimum atomic E-state index is -4.45. The number of aromatic nitrogens is 4. The van der Waals surface area contributed by atoms with Crippen molar-refractivity contribution in [3.05, 3.63) is 23.1 Å². The molecule has 0 bridgehead atoms. The molecule has 0 atom stereocenters. The zero-order chi connectivity index (χ0) is 15.4. The van der Waals surface area contributed by atoms with Crippen LogP contribution in [-0.4, -0.2) is 29.6 Å². The molecule has 0 saturated carbocycles. The molecule has 1 N–H and O–H groups in total. The number of halogens is 3. The Labute approximate surface area is 118 Å². The van der Waals surface area contributed by atoms with Crippen LogP contribution in [0.25, 0.3) is 11.5 Å². The van der Waals surface area contributed by atoms with Crippen molar-refractivity contribution in [2.24, 2.45) is 7.05 Å². The van der Waals surface area contributed by atoms with E-state index in [1.54, 1.807) is 4.57 Å². The molecule has 3 heterocycles. The Kier molecular flexibility index (Phi) is 3.06. The molecular weight excluding hydrogens is 287 g/mol. The van der Waals surface area contributed by atoms with Crippen molar-refractivity contribution < 1.29 is 18.4 Å². The van der Waals surface area contributed by atoms with E-state index in [4.69, 9.17) is 0 Å². The van der Waals surface area contributed by atoms with Gasteiger partial charge in [0, 0.05) is 13.6 Å². The zero-order valence-corrected chi connectivity index (χ0v) is 11.5. The number of fused-ring (bicyclic) bond motifs is 1. The molecule has 0 aromatic carbocycles. The number of nitrogens with zero attached hydrogens (tertiary/aromatic N) is 5. The second-order valence-corrected chi connectivity index (χ2v) is 4.93. The Morgan fingerprint density at radius 2 is 2.05 bits per heavy atom. The lowest BCUT2D eigenvalue weighted by atomic mass is 10.3. The summed E-state index contributed by atoms with van der Waals surface area (Å²) in [5.41, 5.74) is 0.862. The molecule has 21 heavy (non-hydrogen) atoms. The number of aryl methyl sites for hydroxylation is 1. The van der Waals surface area contributed by atoms with Crippen LogP contribution in [0.3, 0.4) is 0 Å². The summed E-state index contributed by atoms with van der Waals surface area (Å²) in [6.07, 6.45) is -4.45. The Bertz CT molecular complexity index is 688. The third-order valence-corrected chi connectivity index (χ3v) is 3.54. The van der Waals surface area contributed by atoms with Gasteiger partial charge in [-0.25, -0.2) is 4.98 Å². The fourth-order valence-electron chi connectivity index (χ4n) is 2.62. The van der Waals surface area contributed by atoms with Crippen molar-refractivity contribution in [1.29, 1.82) is 0 Å². The molecule has 114 valence electrons. The molecule has 9 heteroatoms. The van der Waals surface area contributed by atoms with Crippen molar-refractivity contribution in [3.8, 4) is 11.5 Å². The smallest absolute Gasteiger partial charge is 0.325 e. The predicted octanol–water partition coefficient (Wildman–Crippen LogP) is 2.03. The minimum absolute atomic E-state index is 0.186. The average Bonchev–Trinajstić information content (AvgIpc) is 2.99. The van der Waals surface area contributed by atoms with E-state index < -0.39 is 11.9 Å². The highest BCUT2D eigenvalue weighted by atomic mass is 19.4. The van der Waals surface area contributed by atoms with Crippen LogP contribution in [0.15, 0.2) is 6.07 Å². The molecule has 0 amide bonds. The van der Waals surface area contributed by atoms with E-state index in [9.17, 15) is 18.4 Å². The van der Waals surface area contributed by atoms with Gasteiger partial charge in [0.2, 0.25) is 0 Å². The summed E-state index contributed by atoms with van der Waals surface area (Å²) in [5.74, 6) is 0.404. The number of hydroxylamine groups is 2. The fourth-order valence-corrected chi connectivity index (χ4v) is 2.62. The standard InChI is InChI=1S/C12H14F3N5O/c1-3-20-9-6-19(21)5-8(9)16-11(20)7-4-10(12(13,14)15)18(2)17-7/h4,21H,3,5-6H2,1-2H3. The Balaban J connectivity index is 2.08. The molecule has 0 aliphatic carbocycles. The minimum Gasteiger partial charge on any atom is -0.325 e. The number of rotatable bonds is 2. The van der Waals surface area contributed by atoms with Gasteiger partial charge in [-0.2, -0.15) is 23.3 Å². The van der Waals surface area contributed by atoms with Crippen LogP contribution < -0.4 is 0 Å². The second kappa shape index (κ2) is 4.57. The SMILES string of the molecule is CCn1c(-c2cc(C(F)(F)F)n(C)n2)nc2c1CN(O)C2. The highest BCUT2D eigenvalue weighted by Gasteiger charge is 2.36. The molecule has 0 saturated heterocycles. The van der Waals surface area contributed by atoms with Gasteiger partial charge in [0.1, 0.15) is 11.4 Å². The largest absolute Gasteiger partial charge is 0.433 e. The van der Waals surface area contributed by atoms with Gasteiger partial charge in [0.15, 0.2) is 5.82 Å². The summed E-state index contributed by atoms with van der Waals surface area (Å²) in [5, 5.41) is 14.5. The molecule has 0 spiro atoms. The first-order valence-corrected chi connectivity index (χ1v) is 6.45. The van der Waals surface area contributed by atoms with Gasteiger partial charge in [-0.05, 0) is 13.0 Å². The van der Waals surface area contributed by atoms with Crippen molar-refractivity contribution in [1.82, 2.24) is 24.4 Å².